The van der Waals surface area contributed by atoms with Gasteiger partial charge in [0.2, 0.25) is 5.91 Å². The van der Waals surface area contributed by atoms with Crippen LogP contribution in [0.4, 0.5) is 5.82 Å². The Morgan fingerprint density at radius 3 is 2.95 bits per heavy atom. The summed E-state index contributed by atoms with van der Waals surface area (Å²) in [5, 5.41) is 11.1. The molecular formula is C11H21N7O. The second-order valence-corrected chi connectivity index (χ2v) is 4.14. The molecule has 19 heavy (non-hydrogen) atoms. The van der Waals surface area contributed by atoms with Crippen molar-refractivity contribution in [1.82, 2.24) is 15.0 Å². The molecule has 5 N–H and O–H groups in total. The van der Waals surface area contributed by atoms with Gasteiger partial charge in [0.05, 0.1) is 12.7 Å². The van der Waals surface area contributed by atoms with E-state index in [4.69, 9.17) is 11.5 Å². The summed E-state index contributed by atoms with van der Waals surface area (Å²) in [7, 11) is 0. The van der Waals surface area contributed by atoms with Crippen molar-refractivity contribution in [3.63, 3.8) is 0 Å². The molecular weight excluding hydrogens is 246 g/mol. The number of carbonyl (C=O) groups is 1. The number of aromatic nitrogens is 3. The molecule has 0 aromatic carbocycles. The molecule has 1 heterocycles. The van der Waals surface area contributed by atoms with Crippen LogP contribution in [-0.2, 0) is 11.3 Å². The van der Waals surface area contributed by atoms with Gasteiger partial charge in [-0.1, -0.05) is 6.92 Å². The van der Waals surface area contributed by atoms with Gasteiger partial charge in [-0.05, 0) is 19.3 Å². The van der Waals surface area contributed by atoms with Gasteiger partial charge in [0.15, 0.2) is 11.8 Å². The van der Waals surface area contributed by atoms with Crippen LogP contribution in [0, 0.1) is 0 Å². The zero-order valence-corrected chi connectivity index (χ0v) is 11.2. The van der Waals surface area contributed by atoms with Gasteiger partial charge in [0.25, 0.3) is 0 Å². The van der Waals surface area contributed by atoms with E-state index < -0.39 is 0 Å². The number of nitrogens with two attached hydrogens (primary N) is 2. The topological polar surface area (TPSA) is 124 Å². The highest BCUT2D eigenvalue weighted by molar-refractivity contribution is 5.91. The lowest BCUT2D eigenvalue weighted by molar-refractivity contribution is -0.118. The van der Waals surface area contributed by atoms with Crippen LogP contribution >= 0.6 is 0 Å². The Balaban J connectivity index is 2.33. The molecule has 1 aromatic heterocycles. The maximum atomic E-state index is 10.6. The van der Waals surface area contributed by atoms with Gasteiger partial charge in [-0.15, -0.1) is 5.10 Å². The number of nitrogens with zero attached hydrogens (tertiary/aromatic N) is 4. The number of guanidine groups is 1. The molecule has 1 rings (SSSR count). The van der Waals surface area contributed by atoms with Crippen LogP contribution in [0.2, 0.25) is 0 Å². The molecule has 8 heteroatoms. The van der Waals surface area contributed by atoms with Gasteiger partial charge in [-0.25, -0.2) is 0 Å². The predicted octanol–water partition coefficient (Wildman–Crippen LogP) is 0.0703. The van der Waals surface area contributed by atoms with Crippen LogP contribution in [0.1, 0.15) is 32.6 Å². The molecule has 0 bridgehead atoms. The minimum atomic E-state index is -0.282. The Labute approximate surface area is 112 Å². The van der Waals surface area contributed by atoms with Crippen molar-refractivity contribution in [2.45, 2.75) is 39.2 Å². The van der Waals surface area contributed by atoms with Crippen LogP contribution in [0.5, 0.6) is 0 Å². The Hall–Kier alpha value is -2.12. The maximum absolute atomic E-state index is 10.6. The van der Waals surface area contributed by atoms with Crippen molar-refractivity contribution >= 4 is 17.7 Å². The second-order valence-electron chi connectivity index (χ2n) is 4.14. The number of carbonyl (C=O) groups excluding carboxylic acids is 1. The van der Waals surface area contributed by atoms with E-state index in [1.54, 1.807) is 11.0 Å². The molecule has 0 radical (unpaired) electrons. The Morgan fingerprint density at radius 2 is 2.26 bits per heavy atom. The SMILES string of the molecule is CCCN=C(N)Nc1cnn(CCCCC(N)=O)n1. The molecule has 0 atom stereocenters. The van der Waals surface area contributed by atoms with Crippen molar-refractivity contribution in [3.05, 3.63) is 6.20 Å². The number of primary amides is 1. The van der Waals surface area contributed by atoms with E-state index in [0.717, 1.165) is 19.3 Å². The highest BCUT2D eigenvalue weighted by Gasteiger charge is 2.02. The molecule has 0 fully saturated rings. The highest BCUT2D eigenvalue weighted by atomic mass is 16.1. The quantitative estimate of drug-likeness (QED) is 0.349. The average molecular weight is 267 g/mol. The highest BCUT2D eigenvalue weighted by Crippen LogP contribution is 2.01. The largest absolute Gasteiger partial charge is 0.370 e. The summed E-state index contributed by atoms with van der Waals surface area (Å²) in [6.45, 7) is 3.35. The zero-order chi connectivity index (χ0) is 14.1. The van der Waals surface area contributed by atoms with Gasteiger partial charge in [-0.3, -0.25) is 9.79 Å². The lowest BCUT2D eigenvalue weighted by Gasteiger charge is -2.01. The third-order valence-electron chi connectivity index (χ3n) is 2.33. The van der Waals surface area contributed by atoms with E-state index in [1.807, 2.05) is 6.92 Å². The van der Waals surface area contributed by atoms with Crippen LogP contribution < -0.4 is 16.8 Å². The third kappa shape index (κ3) is 6.39. The average Bonchev–Trinajstić information content (AvgIpc) is 2.79. The fourth-order valence-corrected chi connectivity index (χ4v) is 1.42. The number of anilines is 1. The van der Waals surface area contributed by atoms with Crippen molar-refractivity contribution in [3.8, 4) is 0 Å². The van der Waals surface area contributed by atoms with E-state index in [1.165, 1.54) is 0 Å². The monoisotopic (exact) mass is 267 g/mol. The summed E-state index contributed by atoms with van der Waals surface area (Å²) in [4.78, 5) is 16.2. The summed E-state index contributed by atoms with van der Waals surface area (Å²) in [5.74, 6) is 0.616. The van der Waals surface area contributed by atoms with E-state index in [0.29, 0.717) is 31.3 Å². The first-order valence-electron chi connectivity index (χ1n) is 6.37. The number of amides is 1. The van der Waals surface area contributed by atoms with Crippen LogP contribution in [0.15, 0.2) is 11.2 Å². The van der Waals surface area contributed by atoms with Crippen molar-refractivity contribution < 1.29 is 4.79 Å². The van der Waals surface area contributed by atoms with E-state index >= 15 is 0 Å². The van der Waals surface area contributed by atoms with Crippen molar-refractivity contribution in [2.75, 3.05) is 11.9 Å². The maximum Gasteiger partial charge on any atom is 0.217 e. The molecule has 0 aliphatic rings. The van der Waals surface area contributed by atoms with Crippen molar-refractivity contribution in [2.24, 2.45) is 16.5 Å². The first-order valence-corrected chi connectivity index (χ1v) is 6.37. The number of rotatable bonds is 8. The fraction of sp³-hybridized carbons (Fsp3) is 0.636. The van der Waals surface area contributed by atoms with Crippen LogP contribution in [0.3, 0.4) is 0 Å². The minimum absolute atomic E-state index is 0.282. The summed E-state index contributed by atoms with van der Waals surface area (Å²) in [6.07, 6.45) is 4.45. The molecule has 0 aliphatic heterocycles. The fourth-order valence-electron chi connectivity index (χ4n) is 1.42. The summed E-state index contributed by atoms with van der Waals surface area (Å²) >= 11 is 0. The van der Waals surface area contributed by atoms with Gasteiger partial charge in [0.1, 0.15) is 0 Å². The first kappa shape index (κ1) is 14.9. The lowest BCUT2D eigenvalue weighted by atomic mass is 10.2. The Bertz CT molecular complexity index is 426. The Kier molecular flexibility index (Phi) is 6.34. The standard InChI is InChI=1S/C11H21N7O/c1-2-6-14-11(13)16-10-8-15-18(17-10)7-4-3-5-9(12)19/h8H,2-7H2,1H3,(H2,12,19)(H3,13,14,16,17). The number of hydrogen-bond donors (Lipinski definition) is 3. The van der Waals surface area contributed by atoms with Crippen LogP contribution in [0.25, 0.3) is 0 Å². The number of aryl methyl sites for hydroxylation is 1. The molecule has 0 saturated heterocycles. The van der Waals surface area contributed by atoms with Gasteiger partial charge in [-0.2, -0.15) is 9.90 Å². The second kappa shape index (κ2) is 8.06. The molecule has 0 aliphatic carbocycles. The van der Waals surface area contributed by atoms with Crippen LogP contribution in [-0.4, -0.2) is 33.4 Å². The van der Waals surface area contributed by atoms with Gasteiger partial charge >= 0.3 is 0 Å². The normalized spacial score (nSPS) is 11.5. The molecule has 1 aromatic rings. The van der Waals surface area contributed by atoms with E-state index in [-0.39, 0.29) is 5.91 Å². The Morgan fingerprint density at radius 1 is 1.47 bits per heavy atom. The zero-order valence-electron chi connectivity index (χ0n) is 11.2. The molecule has 0 saturated carbocycles. The predicted molar refractivity (Wildman–Crippen MR) is 73.5 cm³/mol. The summed E-state index contributed by atoms with van der Waals surface area (Å²) in [5.41, 5.74) is 10.7. The molecule has 8 nitrogen and oxygen atoms in total. The molecule has 106 valence electrons. The van der Waals surface area contributed by atoms with Gasteiger partial charge < -0.3 is 16.8 Å². The van der Waals surface area contributed by atoms with Crippen molar-refractivity contribution in [1.29, 1.82) is 0 Å². The number of nitrogens with one attached hydrogen (secondary N) is 1. The van der Waals surface area contributed by atoms with E-state index in [2.05, 4.69) is 20.5 Å². The number of unbranched alkanes of at least 4 members (excludes halogenated alkanes) is 1. The number of aliphatic imine (C=N–C) groups is 1. The number of hydrogen-bond acceptors (Lipinski definition) is 4. The smallest absolute Gasteiger partial charge is 0.217 e. The summed E-state index contributed by atoms with van der Waals surface area (Å²) in [6, 6.07) is 0. The van der Waals surface area contributed by atoms with Gasteiger partial charge in [0, 0.05) is 13.0 Å². The summed E-state index contributed by atoms with van der Waals surface area (Å²) < 4.78 is 0. The molecule has 1 amide bonds. The molecule has 0 unspecified atom stereocenters. The van der Waals surface area contributed by atoms with E-state index in [9.17, 15) is 4.79 Å². The minimum Gasteiger partial charge on any atom is -0.370 e. The first-order chi connectivity index (χ1) is 9.11. The third-order valence-corrected chi connectivity index (χ3v) is 2.33. The lowest BCUT2D eigenvalue weighted by Crippen LogP contribution is -2.23. The molecule has 0 spiro atoms.